The lowest BCUT2D eigenvalue weighted by Crippen LogP contribution is -2.38. The highest BCUT2D eigenvalue weighted by Crippen LogP contribution is 2.31. The van der Waals surface area contributed by atoms with Crippen molar-refractivity contribution < 1.29 is 15.0 Å². The van der Waals surface area contributed by atoms with Crippen LogP contribution in [0, 0.1) is 6.92 Å². The Morgan fingerprint density at radius 2 is 2.14 bits per heavy atom. The Hall–Kier alpha value is -2.16. The van der Waals surface area contributed by atoms with E-state index in [0.29, 0.717) is 6.04 Å². The number of nitrogens with zero attached hydrogens (tertiary/aromatic N) is 3. The molecule has 2 heterocycles. The number of fused-ring (bicyclic) bond motifs is 3. The Balaban J connectivity index is 1.64. The quantitative estimate of drug-likeness (QED) is 0.575. The predicted octanol–water partition coefficient (Wildman–Crippen LogP) is 3.03. The van der Waals surface area contributed by atoms with Crippen molar-refractivity contribution in [2.24, 2.45) is 0 Å². The fourth-order valence-electron chi connectivity index (χ4n) is 4.12. The van der Waals surface area contributed by atoms with E-state index in [9.17, 15) is 9.90 Å². The molecule has 7 nitrogen and oxygen atoms in total. The fraction of sp³-hybridized carbons (Fsp3) is 0.524. The monoisotopic (exact) mass is 416 g/mol. The molecule has 0 radical (unpaired) electrons. The minimum Gasteiger partial charge on any atom is -0.394 e. The van der Waals surface area contributed by atoms with Crippen molar-refractivity contribution in [3.05, 3.63) is 28.8 Å². The van der Waals surface area contributed by atoms with Gasteiger partial charge in [0.25, 0.3) is 5.91 Å². The van der Waals surface area contributed by atoms with Gasteiger partial charge >= 0.3 is 0 Å². The molecule has 1 atom stereocenters. The zero-order valence-corrected chi connectivity index (χ0v) is 17.7. The van der Waals surface area contributed by atoms with Gasteiger partial charge in [0.05, 0.1) is 23.7 Å². The highest BCUT2D eigenvalue weighted by atomic mass is 32.1. The molecular formula is C21H28N4O3S. The number of hydrogen-bond donors (Lipinski definition) is 3. The summed E-state index contributed by atoms with van der Waals surface area (Å²) in [7, 11) is 1.92. The van der Waals surface area contributed by atoms with E-state index >= 15 is 0 Å². The van der Waals surface area contributed by atoms with Crippen LogP contribution in [0.1, 0.15) is 47.5 Å². The topological polar surface area (TPSA) is 90.1 Å². The van der Waals surface area contributed by atoms with Crippen molar-refractivity contribution in [3.63, 3.8) is 0 Å². The van der Waals surface area contributed by atoms with Gasteiger partial charge in [0.1, 0.15) is 4.88 Å². The van der Waals surface area contributed by atoms with Crippen LogP contribution in [0.5, 0.6) is 0 Å². The molecule has 4 rings (SSSR count). The Kier molecular flexibility index (Phi) is 5.76. The summed E-state index contributed by atoms with van der Waals surface area (Å²) in [5, 5.41) is 21.7. The molecule has 3 aromatic rings. The van der Waals surface area contributed by atoms with Crippen LogP contribution in [0.3, 0.4) is 0 Å². The van der Waals surface area contributed by atoms with Gasteiger partial charge in [-0.25, -0.2) is 4.98 Å². The zero-order chi connectivity index (χ0) is 20.5. The lowest BCUT2D eigenvalue weighted by atomic mass is 9.94. The van der Waals surface area contributed by atoms with Crippen LogP contribution in [-0.4, -0.2) is 62.7 Å². The van der Waals surface area contributed by atoms with E-state index in [-0.39, 0.29) is 19.1 Å². The second kappa shape index (κ2) is 8.30. The van der Waals surface area contributed by atoms with Crippen LogP contribution >= 0.6 is 11.3 Å². The van der Waals surface area contributed by atoms with E-state index in [0.717, 1.165) is 45.1 Å². The summed E-state index contributed by atoms with van der Waals surface area (Å²) < 4.78 is 2.04. The third-order valence-electron chi connectivity index (χ3n) is 5.87. The molecule has 1 saturated carbocycles. The standard InChI is InChI=1S/C21H28N4O3S/c1-13-19(20(28)24(2)15-6-4-3-5-7-15)29-21-23-17-9-8-14(10-18(17)25(13)21)22-11-16(27)12-26/h8-10,15-16,22,26-27H,3-7,11-12H2,1-2H3. The van der Waals surface area contributed by atoms with Crippen LogP contribution in [-0.2, 0) is 0 Å². The number of carbonyl (C=O) groups excluding carboxylic acids is 1. The number of amides is 1. The van der Waals surface area contributed by atoms with Crippen LogP contribution in [0.15, 0.2) is 18.2 Å². The number of aliphatic hydroxyl groups excluding tert-OH is 2. The first-order valence-corrected chi connectivity index (χ1v) is 11.0. The van der Waals surface area contributed by atoms with Crippen molar-refractivity contribution in [1.82, 2.24) is 14.3 Å². The molecule has 0 aliphatic heterocycles. The normalized spacial score (nSPS) is 16.4. The number of aromatic nitrogens is 2. The highest BCUT2D eigenvalue weighted by molar-refractivity contribution is 7.19. The van der Waals surface area contributed by atoms with Gasteiger partial charge in [-0.15, -0.1) is 0 Å². The number of aryl methyl sites for hydroxylation is 1. The smallest absolute Gasteiger partial charge is 0.265 e. The summed E-state index contributed by atoms with van der Waals surface area (Å²) in [5.41, 5.74) is 3.54. The number of anilines is 1. The number of thiazole rings is 1. The van der Waals surface area contributed by atoms with Crippen molar-refractivity contribution in [1.29, 1.82) is 0 Å². The first-order valence-electron chi connectivity index (χ1n) is 10.2. The lowest BCUT2D eigenvalue weighted by Gasteiger charge is -2.31. The van der Waals surface area contributed by atoms with Gasteiger partial charge < -0.3 is 20.4 Å². The van der Waals surface area contributed by atoms with Crippen molar-refractivity contribution in [2.75, 3.05) is 25.5 Å². The molecule has 1 fully saturated rings. The molecule has 1 unspecified atom stereocenters. The van der Waals surface area contributed by atoms with Crippen LogP contribution < -0.4 is 5.32 Å². The summed E-state index contributed by atoms with van der Waals surface area (Å²) in [6.45, 7) is 1.96. The lowest BCUT2D eigenvalue weighted by molar-refractivity contribution is 0.0700. The van der Waals surface area contributed by atoms with Gasteiger partial charge in [0.2, 0.25) is 0 Å². The molecule has 1 amide bonds. The maximum Gasteiger partial charge on any atom is 0.265 e. The molecule has 2 aromatic heterocycles. The third kappa shape index (κ3) is 3.84. The van der Waals surface area contributed by atoms with Gasteiger partial charge in [-0.2, -0.15) is 0 Å². The summed E-state index contributed by atoms with van der Waals surface area (Å²) >= 11 is 1.44. The van der Waals surface area contributed by atoms with Gasteiger partial charge in [0, 0.05) is 31.0 Å². The number of rotatable bonds is 6. The summed E-state index contributed by atoms with van der Waals surface area (Å²) in [6.07, 6.45) is 5.02. The van der Waals surface area contributed by atoms with E-state index < -0.39 is 6.10 Å². The van der Waals surface area contributed by atoms with Gasteiger partial charge in [-0.05, 0) is 38.0 Å². The van der Waals surface area contributed by atoms with Gasteiger partial charge in [-0.1, -0.05) is 30.6 Å². The average molecular weight is 417 g/mol. The molecule has 29 heavy (non-hydrogen) atoms. The van der Waals surface area contributed by atoms with Crippen LogP contribution in [0.2, 0.25) is 0 Å². The van der Waals surface area contributed by atoms with Crippen molar-refractivity contribution in [3.8, 4) is 0 Å². The molecule has 3 N–H and O–H groups in total. The maximum absolute atomic E-state index is 13.2. The maximum atomic E-state index is 13.2. The van der Waals surface area contributed by atoms with E-state index in [4.69, 9.17) is 10.1 Å². The minimum absolute atomic E-state index is 0.0818. The second-order valence-electron chi connectivity index (χ2n) is 7.88. The molecule has 0 bridgehead atoms. The largest absolute Gasteiger partial charge is 0.394 e. The number of imidazole rings is 1. The fourth-order valence-corrected chi connectivity index (χ4v) is 5.24. The molecular weight excluding hydrogens is 388 g/mol. The number of hydrogen-bond acceptors (Lipinski definition) is 6. The second-order valence-corrected chi connectivity index (χ2v) is 8.85. The molecule has 0 saturated heterocycles. The molecule has 1 aromatic carbocycles. The first-order chi connectivity index (χ1) is 14.0. The Morgan fingerprint density at radius 3 is 2.86 bits per heavy atom. The summed E-state index contributed by atoms with van der Waals surface area (Å²) in [5.74, 6) is 0.0818. The predicted molar refractivity (Wildman–Crippen MR) is 116 cm³/mol. The molecule has 0 spiro atoms. The minimum atomic E-state index is -0.807. The van der Waals surface area contributed by atoms with E-state index in [2.05, 4.69) is 5.32 Å². The van der Waals surface area contributed by atoms with Crippen molar-refractivity contribution >= 4 is 38.9 Å². The van der Waals surface area contributed by atoms with Crippen LogP contribution in [0.25, 0.3) is 16.0 Å². The molecule has 1 aliphatic carbocycles. The number of nitrogens with one attached hydrogen (secondary N) is 1. The zero-order valence-electron chi connectivity index (χ0n) is 16.9. The number of carbonyl (C=O) groups is 1. The summed E-state index contributed by atoms with van der Waals surface area (Å²) in [4.78, 5) is 21.4. The Bertz CT molecular complexity index is 1020. The molecule has 1 aliphatic rings. The molecule has 156 valence electrons. The van der Waals surface area contributed by atoms with Gasteiger partial charge in [-0.3, -0.25) is 9.20 Å². The first kappa shape index (κ1) is 20.1. The third-order valence-corrected chi connectivity index (χ3v) is 7.00. The van der Waals surface area contributed by atoms with Crippen LogP contribution in [0.4, 0.5) is 5.69 Å². The molecule has 8 heteroatoms. The highest BCUT2D eigenvalue weighted by Gasteiger charge is 2.27. The van der Waals surface area contributed by atoms with E-state index in [1.165, 1.54) is 30.6 Å². The summed E-state index contributed by atoms with van der Waals surface area (Å²) in [6, 6.07) is 6.13. The number of benzene rings is 1. The van der Waals surface area contributed by atoms with Crippen molar-refractivity contribution in [2.45, 2.75) is 51.2 Å². The Morgan fingerprint density at radius 1 is 1.38 bits per heavy atom. The Labute approximate surface area is 174 Å². The van der Waals surface area contributed by atoms with E-state index in [1.54, 1.807) is 0 Å². The SMILES string of the molecule is Cc1c(C(=O)N(C)C2CCCCC2)sc2nc3ccc(NCC(O)CO)cc3n12. The number of aliphatic hydroxyl groups is 2. The van der Waals surface area contributed by atoms with Gasteiger partial charge in [0.15, 0.2) is 4.96 Å². The van der Waals surface area contributed by atoms with E-state index in [1.807, 2.05) is 41.5 Å². The average Bonchev–Trinajstić information content (AvgIpc) is 3.27.